The van der Waals surface area contributed by atoms with Crippen LogP contribution in [0.2, 0.25) is 0 Å². The molecule has 176 valence electrons. The molecular formula is C24H24Br2O4S3. The lowest BCUT2D eigenvalue weighted by Gasteiger charge is -2.07. The van der Waals surface area contributed by atoms with E-state index in [0.29, 0.717) is 0 Å². The third-order valence-electron chi connectivity index (χ3n) is 4.70. The van der Waals surface area contributed by atoms with Crippen molar-refractivity contribution >= 4 is 63.3 Å². The van der Waals surface area contributed by atoms with Crippen LogP contribution in [-0.2, 0) is 19.7 Å². The van der Waals surface area contributed by atoms with E-state index in [-0.39, 0.29) is 9.79 Å². The monoisotopic (exact) mass is 630 g/mol. The number of rotatable bonds is 8. The van der Waals surface area contributed by atoms with Gasteiger partial charge in [0.05, 0.1) is 9.79 Å². The van der Waals surface area contributed by atoms with Gasteiger partial charge in [-0.2, -0.15) is 0 Å². The molecule has 0 heterocycles. The molecule has 0 N–H and O–H groups in total. The van der Waals surface area contributed by atoms with E-state index in [9.17, 15) is 16.8 Å². The zero-order valence-electron chi connectivity index (χ0n) is 18.5. The Hall–Kier alpha value is -1.39. The molecule has 0 aliphatic rings. The van der Waals surface area contributed by atoms with Crippen LogP contribution in [0.25, 0.3) is 0 Å². The summed E-state index contributed by atoms with van der Waals surface area (Å²) in [6.45, 7) is 7.48. The Morgan fingerprint density at radius 2 is 0.939 bits per heavy atom. The van der Waals surface area contributed by atoms with E-state index in [0.717, 1.165) is 29.9 Å². The van der Waals surface area contributed by atoms with Crippen molar-refractivity contribution in [3.8, 4) is 0 Å². The maximum absolute atomic E-state index is 12.5. The van der Waals surface area contributed by atoms with Crippen molar-refractivity contribution < 1.29 is 16.8 Å². The Morgan fingerprint density at radius 3 is 1.24 bits per heavy atom. The summed E-state index contributed by atoms with van der Waals surface area (Å²) in [5, 5.41) is 2.40. The van der Waals surface area contributed by atoms with E-state index >= 15 is 0 Å². The average Bonchev–Trinajstić information content (AvgIpc) is 2.76. The second-order valence-electron chi connectivity index (χ2n) is 7.18. The largest absolute Gasteiger partial charge is 0.219 e. The number of allylic oxidation sites excluding steroid dienone is 6. The highest BCUT2D eigenvalue weighted by molar-refractivity contribution is 9.10. The van der Waals surface area contributed by atoms with Gasteiger partial charge in [-0.1, -0.05) is 43.6 Å². The van der Waals surface area contributed by atoms with Crippen LogP contribution in [0.15, 0.2) is 111 Å². The summed E-state index contributed by atoms with van der Waals surface area (Å²) in [6.07, 6.45) is 3.16. The summed E-state index contributed by atoms with van der Waals surface area (Å²) in [6, 6.07) is 12.9. The van der Waals surface area contributed by atoms with Gasteiger partial charge in [-0.3, -0.25) is 0 Å². The molecule has 0 aromatic heterocycles. The van der Waals surface area contributed by atoms with Gasteiger partial charge < -0.3 is 0 Å². The highest BCUT2D eigenvalue weighted by Crippen LogP contribution is 2.31. The van der Waals surface area contributed by atoms with Crippen molar-refractivity contribution in [2.24, 2.45) is 0 Å². The smallest absolute Gasteiger partial charge is 0.199 e. The third kappa shape index (κ3) is 8.40. The van der Waals surface area contributed by atoms with Crippen molar-refractivity contribution in [3.63, 3.8) is 0 Å². The Labute approximate surface area is 217 Å². The highest BCUT2D eigenvalue weighted by Gasteiger charge is 2.11. The molecule has 0 atom stereocenters. The van der Waals surface area contributed by atoms with Crippen molar-refractivity contribution in [2.75, 3.05) is 0 Å². The first kappa shape index (κ1) is 27.9. The minimum absolute atomic E-state index is 0.226. The Balaban J connectivity index is 2.16. The molecular weight excluding hydrogens is 608 g/mol. The standard InChI is InChI=1S/C24H24Br2O4S3/c1-17(13-15-32(27,28)23-9-5-21(25)6-10-23)19(3)31-20(4)18(2)14-16-33(29,30)24-11-7-22(26)8-12-24/h5-16H,1-4H3/b15-13+,16-14+,19-17+,20-18+. The molecule has 0 unspecified atom stereocenters. The second-order valence-corrected chi connectivity index (χ2v) is 14.1. The molecule has 4 nitrogen and oxygen atoms in total. The fraction of sp³-hybridized carbons (Fsp3) is 0.167. The van der Waals surface area contributed by atoms with Gasteiger partial charge in [0.1, 0.15) is 0 Å². The van der Waals surface area contributed by atoms with Crippen LogP contribution in [0.4, 0.5) is 0 Å². The number of benzene rings is 2. The Bertz CT molecular complexity index is 1230. The van der Waals surface area contributed by atoms with Gasteiger partial charge in [0, 0.05) is 19.8 Å². The molecule has 0 aliphatic carbocycles. The SMILES string of the molecule is CC(/C=C/S(=O)(=O)c1ccc(Br)cc1)=C(/C)S/C(C)=C(C)/C=C/S(=O)(=O)c1ccc(Br)cc1. The third-order valence-corrected chi connectivity index (χ3v) is 9.86. The summed E-state index contributed by atoms with van der Waals surface area (Å²) in [4.78, 5) is 2.28. The molecule has 0 spiro atoms. The zero-order valence-corrected chi connectivity index (χ0v) is 24.2. The van der Waals surface area contributed by atoms with E-state index in [2.05, 4.69) is 31.9 Å². The fourth-order valence-electron chi connectivity index (χ4n) is 2.41. The first-order valence-corrected chi connectivity index (χ1v) is 15.2. The van der Waals surface area contributed by atoms with E-state index in [1.807, 2.05) is 27.7 Å². The highest BCUT2D eigenvalue weighted by atomic mass is 79.9. The molecule has 2 rings (SSSR count). The van der Waals surface area contributed by atoms with Gasteiger partial charge in [-0.15, -0.1) is 0 Å². The number of thioether (sulfide) groups is 1. The molecule has 0 saturated heterocycles. The number of sulfone groups is 2. The summed E-state index contributed by atoms with van der Waals surface area (Å²) in [5.74, 6) is 0. The summed E-state index contributed by atoms with van der Waals surface area (Å²) >= 11 is 8.06. The first-order chi connectivity index (χ1) is 15.3. The van der Waals surface area contributed by atoms with Crippen LogP contribution in [0, 0.1) is 0 Å². The number of hydrogen-bond acceptors (Lipinski definition) is 5. The first-order valence-electron chi connectivity index (χ1n) is 9.72. The van der Waals surface area contributed by atoms with E-state index < -0.39 is 19.7 Å². The van der Waals surface area contributed by atoms with E-state index in [1.165, 1.54) is 22.6 Å². The van der Waals surface area contributed by atoms with Crippen molar-refractivity contribution in [3.05, 3.63) is 101 Å². The molecule has 9 heteroatoms. The molecule has 33 heavy (non-hydrogen) atoms. The quantitative estimate of drug-likeness (QED) is 0.278. The summed E-state index contributed by atoms with van der Waals surface area (Å²) in [5.41, 5.74) is 1.61. The van der Waals surface area contributed by atoms with Crippen molar-refractivity contribution in [2.45, 2.75) is 37.5 Å². The lowest BCUT2D eigenvalue weighted by Crippen LogP contribution is -1.96. The minimum atomic E-state index is -3.54. The van der Waals surface area contributed by atoms with Gasteiger partial charge in [0.2, 0.25) is 0 Å². The maximum atomic E-state index is 12.5. The van der Waals surface area contributed by atoms with Gasteiger partial charge in [-0.25, -0.2) is 16.8 Å². The van der Waals surface area contributed by atoms with Crippen LogP contribution in [0.1, 0.15) is 27.7 Å². The van der Waals surface area contributed by atoms with Crippen LogP contribution < -0.4 is 0 Å². The molecule has 0 saturated carbocycles. The minimum Gasteiger partial charge on any atom is -0.219 e. The predicted molar refractivity (Wildman–Crippen MR) is 145 cm³/mol. The Morgan fingerprint density at radius 1 is 0.636 bits per heavy atom. The topological polar surface area (TPSA) is 68.3 Å². The molecule has 0 fully saturated rings. The summed E-state index contributed by atoms with van der Waals surface area (Å²) < 4.78 is 51.6. The Kier molecular flexibility index (Phi) is 9.99. The lowest BCUT2D eigenvalue weighted by atomic mass is 10.3. The van der Waals surface area contributed by atoms with Crippen molar-refractivity contribution in [1.82, 2.24) is 0 Å². The fourth-order valence-corrected chi connectivity index (χ4v) is 5.97. The predicted octanol–water partition coefficient (Wildman–Crippen LogP) is 7.81. The molecule has 0 radical (unpaired) electrons. The molecule has 0 aliphatic heterocycles. The van der Waals surface area contributed by atoms with Crippen LogP contribution >= 0.6 is 43.6 Å². The van der Waals surface area contributed by atoms with E-state index in [1.54, 1.807) is 60.7 Å². The van der Waals surface area contributed by atoms with E-state index in [4.69, 9.17) is 0 Å². The van der Waals surface area contributed by atoms with Gasteiger partial charge in [0.15, 0.2) is 19.7 Å². The van der Waals surface area contributed by atoms with Crippen molar-refractivity contribution in [1.29, 1.82) is 0 Å². The molecule has 2 aromatic carbocycles. The molecule has 0 amide bonds. The average molecular weight is 632 g/mol. The zero-order chi connectivity index (χ0) is 24.8. The van der Waals surface area contributed by atoms with Crippen LogP contribution in [0.5, 0.6) is 0 Å². The normalized spacial score (nSPS) is 14.5. The lowest BCUT2D eigenvalue weighted by molar-refractivity contribution is 0.603. The number of halogens is 2. The second kappa shape index (κ2) is 11.8. The van der Waals surface area contributed by atoms with Crippen LogP contribution in [-0.4, -0.2) is 16.8 Å². The van der Waals surface area contributed by atoms with Gasteiger partial charge >= 0.3 is 0 Å². The summed E-state index contributed by atoms with van der Waals surface area (Å²) in [7, 11) is -7.08. The maximum Gasteiger partial charge on any atom is 0.199 e. The molecule has 0 bridgehead atoms. The van der Waals surface area contributed by atoms with Crippen LogP contribution in [0.3, 0.4) is 0 Å². The number of hydrogen-bond donors (Lipinski definition) is 0. The van der Waals surface area contributed by atoms with Gasteiger partial charge in [-0.05, 0) is 109 Å². The van der Waals surface area contributed by atoms with Gasteiger partial charge in [0.25, 0.3) is 0 Å². The molecule has 2 aromatic rings.